The molecule has 0 bridgehead atoms. The maximum atomic E-state index is 12.5. The van der Waals surface area contributed by atoms with Crippen molar-refractivity contribution in [3.63, 3.8) is 0 Å². The molecule has 25 heavy (non-hydrogen) atoms. The number of aryl methyl sites for hydroxylation is 3. The highest BCUT2D eigenvalue weighted by Gasteiger charge is 2.21. The smallest absolute Gasteiger partial charge is 0.260 e. The number of aromatic hydroxyl groups is 1. The van der Waals surface area contributed by atoms with Gasteiger partial charge in [-0.05, 0) is 51.0 Å². The summed E-state index contributed by atoms with van der Waals surface area (Å²) < 4.78 is 1.87. The number of phenols is 1. The summed E-state index contributed by atoms with van der Waals surface area (Å²) in [5.41, 5.74) is 5.40. The average molecular weight is 334 g/mol. The summed E-state index contributed by atoms with van der Waals surface area (Å²) >= 11 is 0. The number of benzene rings is 1. The Morgan fingerprint density at radius 2 is 1.84 bits per heavy atom. The van der Waals surface area contributed by atoms with E-state index >= 15 is 0 Å². The monoisotopic (exact) mass is 334 g/mol. The van der Waals surface area contributed by atoms with E-state index in [9.17, 15) is 9.90 Å². The molecule has 0 aliphatic heterocycles. The first kappa shape index (κ1) is 15.4. The van der Waals surface area contributed by atoms with Crippen molar-refractivity contribution in [2.75, 3.05) is 0 Å². The van der Waals surface area contributed by atoms with Crippen LogP contribution in [0.1, 0.15) is 22.4 Å². The van der Waals surface area contributed by atoms with Crippen molar-refractivity contribution in [2.24, 2.45) is 0 Å². The largest absolute Gasteiger partial charge is 0.508 e. The number of pyridine rings is 1. The SMILES string of the molecule is Cc1cc2c3c(=O)[nH]cnc3n(-c3c(C)ccc(O)c3C)c2nc1C. The number of nitrogens with zero attached hydrogens (tertiary/aromatic N) is 3. The molecule has 0 radical (unpaired) electrons. The van der Waals surface area contributed by atoms with Crippen molar-refractivity contribution in [2.45, 2.75) is 27.7 Å². The average Bonchev–Trinajstić information content (AvgIpc) is 2.87. The van der Waals surface area contributed by atoms with Crippen molar-refractivity contribution >= 4 is 22.1 Å². The van der Waals surface area contributed by atoms with Crippen LogP contribution in [0.15, 0.2) is 29.3 Å². The summed E-state index contributed by atoms with van der Waals surface area (Å²) in [5, 5.41) is 11.5. The lowest BCUT2D eigenvalue weighted by atomic mass is 10.1. The van der Waals surface area contributed by atoms with Crippen molar-refractivity contribution in [1.82, 2.24) is 19.5 Å². The van der Waals surface area contributed by atoms with Gasteiger partial charge >= 0.3 is 0 Å². The standard InChI is InChI=1S/C19H18N4O2/c1-9-5-6-14(24)11(3)16(9)23-17-13(7-10(2)12(4)22-17)15-18(23)20-8-21-19(15)25/h5-8,24H,1-4H3,(H,20,21,25). The van der Waals surface area contributed by atoms with E-state index in [1.54, 1.807) is 6.07 Å². The summed E-state index contributed by atoms with van der Waals surface area (Å²) in [5.74, 6) is 0.198. The van der Waals surface area contributed by atoms with E-state index in [2.05, 4.69) is 9.97 Å². The van der Waals surface area contributed by atoms with Gasteiger partial charge in [-0.3, -0.25) is 9.36 Å². The molecule has 0 spiro atoms. The van der Waals surface area contributed by atoms with Crippen molar-refractivity contribution in [1.29, 1.82) is 0 Å². The number of rotatable bonds is 1. The topological polar surface area (TPSA) is 83.8 Å². The Kier molecular flexibility index (Phi) is 3.18. The zero-order chi connectivity index (χ0) is 17.9. The van der Waals surface area contributed by atoms with Crippen LogP contribution in [0.5, 0.6) is 5.75 Å². The molecule has 0 aliphatic carbocycles. The second-order valence-corrected chi connectivity index (χ2v) is 6.40. The normalized spacial score (nSPS) is 11.5. The van der Waals surface area contributed by atoms with Gasteiger partial charge in [0.1, 0.15) is 11.4 Å². The van der Waals surface area contributed by atoms with Gasteiger partial charge < -0.3 is 10.1 Å². The van der Waals surface area contributed by atoms with Gasteiger partial charge in [-0.25, -0.2) is 9.97 Å². The molecule has 0 fully saturated rings. The van der Waals surface area contributed by atoms with Crippen LogP contribution in [0.2, 0.25) is 0 Å². The number of aromatic nitrogens is 4. The number of hydrogen-bond acceptors (Lipinski definition) is 4. The first-order chi connectivity index (χ1) is 11.9. The van der Waals surface area contributed by atoms with Gasteiger partial charge in [0.15, 0.2) is 5.65 Å². The van der Waals surface area contributed by atoms with Crippen LogP contribution in [0, 0.1) is 27.7 Å². The second-order valence-electron chi connectivity index (χ2n) is 6.40. The summed E-state index contributed by atoms with van der Waals surface area (Å²) in [6, 6.07) is 5.50. The molecular formula is C19H18N4O2. The number of H-pyrrole nitrogens is 1. The van der Waals surface area contributed by atoms with Crippen LogP contribution in [0.4, 0.5) is 0 Å². The van der Waals surface area contributed by atoms with Gasteiger partial charge in [-0.1, -0.05) is 6.07 Å². The lowest BCUT2D eigenvalue weighted by Crippen LogP contribution is -2.07. The lowest BCUT2D eigenvalue weighted by Gasteiger charge is -2.14. The number of hydrogen-bond donors (Lipinski definition) is 2. The summed E-state index contributed by atoms with van der Waals surface area (Å²) in [6.07, 6.45) is 1.40. The van der Waals surface area contributed by atoms with Gasteiger partial charge in [-0.2, -0.15) is 0 Å². The molecule has 0 atom stereocenters. The minimum atomic E-state index is -0.200. The molecule has 126 valence electrons. The fraction of sp³-hybridized carbons (Fsp3) is 0.211. The van der Waals surface area contributed by atoms with E-state index in [0.29, 0.717) is 16.7 Å². The molecule has 0 unspecified atom stereocenters. The fourth-order valence-electron chi connectivity index (χ4n) is 3.33. The predicted molar refractivity (Wildman–Crippen MR) is 97.6 cm³/mol. The lowest BCUT2D eigenvalue weighted by molar-refractivity contribution is 0.470. The van der Waals surface area contributed by atoms with Crippen LogP contribution in [0.3, 0.4) is 0 Å². The molecule has 0 saturated heterocycles. The second kappa shape index (κ2) is 5.17. The molecular weight excluding hydrogens is 316 g/mol. The van der Waals surface area contributed by atoms with Crippen LogP contribution in [0.25, 0.3) is 27.8 Å². The van der Waals surface area contributed by atoms with E-state index in [1.165, 1.54) is 6.33 Å². The Balaban J connectivity index is 2.32. The maximum absolute atomic E-state index is 12.5. The third-order valence-electron chi connectivity index (χ3n) is 4.80. The Hall–Kier alpha value is -3.15. The molecule has 6 heteroatoms. The summed E-state index contributed by atoms with van der Waals surface area (Å²) in [4.78, 5) is 24.3. The molecule has 1 aromatic carbocycles. The van der Waals surface area contributed by atoms with E-state index in [-0.39, 0.29) is 11.3 Å². The molecule has 0 saturated carbocycles. The van der Waals surface area contributed by atoms with Gasteiger partial charge in [0.25, 0.3) is 5.56 Å². The Labute approximate surface area is 143 Å². The molecule has 4 rings (SSSR count). The quantitative estimate of drug-likeness (QED) is 0.560. The maximum Gasteiger partial charge on any atom is 0.260 e. The number of aromatic amines is 1. The van der Waals surface area contributed by atoms with Gasteiger partial charge in [0.2, 0.25) is 0 Å². The number of fused-ring (bicyclic) bond motifs is 3. The minimum absolute atomic E-state index is 0.198. The fourth-order valence-corrected chi connectivity index (χ4v) is 3.33. The van der Waals surface area contributed by atoms with Crippen molar-refractivity contribution < 1.29 is 5.11 Å². The highest BCUT2D eigenvalue weighted by molar-refractivity contribution is 6.06. The van der Waals surface area contributed by atoms with Crippen LogP contribution < -0.4 is 5.56 Å². The molecule has 4 aromatic rings. The first-order valence-corrected chi connectivity index (χ1v) is 8.05. The molecule has 0 aliphatic rings. The van der Waals surface area contributed by atoms with Crippen LogP contribution in [-0.2, 0) is 0 Å². The van der Waals surface area contributed by atoms with E-state index in [1.807, 2.05) is 44.4 Å². The minimum Gasteiger partial charge on any atom is -0.508 e. The molecule has 0 amide bonds. The molecule has 3 aromatic heterocycles. The number of nitrogens with one attached hydrogen (secondary N) is 1. The Bertz CT molecular complexity index is 1220. The zero-order valence-electron chi connectivity index (χ0n) is 14.5. The summed E-state index contributed by atoms with van der Waals surface area (Å²) in [6.45, 7) is 7.73. The molecule has 2 N–H and O–H groups in total. The van der Waals surface area contributed by atoms with Crippen molar-refractivity contribution in [3.8, 4) is 11.4 Å². The third-order valence-corrected chi connectivity index (χ3v) is 4.80. The van der Waals surface area contributed by atoms with E-state index in [4.69, 9.17) is 4.98 Å². The van der Waals surface area contributed by atoms with Gasteiger partial charge in [-0.15, -0.1) is 0 Å². The van der Waals surface area contributed by atoms with E-state index < -0.39 is 0 Å². The van der Waals surface area contributed by atoms with Gasteiger partial charge in [0, 0.05) is 16.6 Å². The zero-order valence-corrected chi connectivity index (χ0v) is 14.5. The van der Waals surface area contributed by atoms with Crippen LogP contribution >= 0.6 is 0 Å². The highest BCUT2D eigenvalue weighted by atomic mass is 16.3. The van der Waals surface area contributed by atoms with Crippen molar-refractivity contribution in [3.05, 3.63) is 57.3 Å². The first-order valence-electron chi connectivity index (χ1n) is 8.05. The van der Waals surface area contributed by atoms with Crippen LogP contribution in [-0.4, -0.2) is 24.6 Å². The highest BCUT2D eigenvalue weighted by Crippen LogP contribution is 2.34. The third kappa shape index (κ3) is 2.07. The number of phenolic OH excluding ortho intramolecular Hbond substituents is 1. The van der Waals surface area contributed by atoms with E-state index in [0.717, 1.165) is 33.5 Å². The molecule has 6 nitrogen and oxygen atoms in total. The molecule has 3 heterocycles. The Morgan fingerprint density at radius 3 is 2.60 bits per heavy atom. The van der Waals surface area contributed by atoms with Gasteiger partial charge in [0.05, 0.1) is 17.4 Å². The summed E-state index contributed by atoms with van der Waals surface area (Å²) in [7, 11) is 0. The predicted octanol–water partition coefficient (Wildman–Crippen LogP) is 3.20. The Morgan fingerprint density at radius 1 is 1.08 bits per heavy atom.